The van der Waals surface area contributed by atoms with Crippen molar-refractivity contribution in [3.8, 4) is 12.1 Å². The van der Waals surface area contributed by atoms with E-state index < -0.39 is 5.82 Å². The largest absolute Gasteiger partial charge is 0.309 e. The predicted molar refractivity (Wildman–Crippen MR) is 72.8 cm³/mol. The van der Waals surface area contributed by atoms with Crippen molar-refractivity contribution in [1.29, 1.82) is 10.5 Å². The van der Waals surface area contributed by atoms with Gasteiger partial charge in [-0.05, 0) is 35.4 Å². The average Bonchev–Trinajstić information content (AvgIpc) is 2.49. The first kappa shape index (κ1) is 13.7. The quantitative estimate of drug-likeness (QED) is 0.924. The zero-order valence-electron chi connectivity index (χ0n) is 10.7. The molecule has 4 heteroatoms. The van der Waals surface area contributed by atoms with Gasteiger partial charge in [0.05, 0.1) is 17.2 Å². The van der Waals surface area contributed by atoms with Gasteiger partial charge in [-0.2, -0.15) is 10.5 Å². The molecule has 0 aliphatic heterocycles. The van der Waals surface area contributed by atoms with E-state index in [2.05, 4.69) is 11.4 Å². The molecule has 0 saturated heterocycles. The number of halogens is 1. The molecule has 0 aliphatic rings. The van der Waals surface area contributed by atoms with E-state index in [1.54, 1.807) is 24.3 Å². The van der Waals surface area contributed by atoms with Crippen molar-refractivity contribution in [2.24, 2.45) is 0 Å². The molecule has 1 N–H and O–H groups in total. The summed E-state index contributed by atoms with van der Waals surface area (Å²) in [4.78, 5) is 0. The molecule has 3 nitrogen and oxygen atoms in total. The third-order valence-corrected chi connectivity index (χ3v) is 2.89. The Morgan fingerprint density at radius 3 is 2.20 bits per heavy atom. The number of benzene rings is 2. The van der Waals surface area contributed by atoms with E-state index in [-0.39, 0.29) is 5.56 Å². The van der Waals surface area contributed by atoms with Crippen LogP contribution in [-0.4, -0.2) is 0 Å². The molecule has 0 saturated carbocycles. The van der Waals surface area contributed by atoms with Gasteiger partial charge in [-0.3, -0.25) is 0 Å². The molecule has 98 valence electrons. The second kappa shape index (κ2) is 6.47. The molecule has 2 aromatic rings. The molecule has 0 heterocycles. The maximum absolute atomic E-state index is 13.2. The van der Waals surface area contributed by atoms with Gasteiger partial charge < -0.3 is 5.32 Å². The highest BCUT2D eigenvalue weighted by Crippen LogP contribution is 2.10. The Bertz CT molecular complexity index is 678. The van der Waals surface area contributed by atoms with Crippen LogP contribution in [0, 0.1) is 28.5 Å². The normalized spacial score (nSPS) is 9.75. The van der Waals surface area contributed by atoms with E-state index in [9.17, 15) is 4.39 Å². The van der Waals surface area contributed by atoms with E-state index >= 15 is 0 Å². The van der Waals surface area contributed by atoms with Crippen LogP contribution in [0.5, 0.6) is 0 Å². The first-order valence-electron chi connectivity index (χ1n) is 6.11. The number of nitrogens with one attached hydrogen (secondary N) is 1. The van der Waals surface area contributed by atoms with E-state index in [0.29, 0.717) is 18.7 Å². The molecule has 0 radical (unpaired) electrons. The SMILES string of the molecule is N#Cc1ccc(CNCc2ccc(F)c(C#N)c2)cc1. The predicted octanol–water partition coefficient (Wildman–Crippen LogP) is 2.86. The lowest BCUT2D eigenvalue weighted by molar-refractivity contribution is 0.621. The summed E-state index contributed by atoms with van der Waals surface area (Å²) >= 11 is 0. The zero-order chi connectivity index (χ0) is 14.4. The average molecular weight is 265 g/mol. The summed E-state index contributed by atoms with van der Waals surface area (Å²) in [5.74, 6) is -0.497. The molecule has 0 atom stereocenters. The van der Waals surface area contributed by atoms with Gasteiger partial charge >= 0.3 is 0 Å². The van der Waals surface area contributed by atoms with Crippen molar-refractivity contribution in [1.82, 2.24) is 5.32 Å². The van der Waals surface area contributed by atoms with Crippen LogP contribution >= 0.6 is 0 Å². The van der Waals surface area contributed by atoms with Gasteiger partial charge in [0.2, 0.25) is 0 Å². The van der Waals surface area contributed by atoms with Crippen LogP contribution in [0.4, 0.5) is 4.39 Å². The van der Waals surface area contributed by atoms with Crippen LogP contribution in [0.3, 0.4) is 0 Å². The van der Waals surface area contributed by atoms with Gasteiger partial charge in [0.25, 0.3) is 0 Å². The summed E-state index contributed by atoms with van der Waals surface area (Å²) < 4.78 is 13.2. The lowest BCUT2D eigenvalue weighted by Gasteiger charge is -2.06. The lowest BCUT2D eigenvalue weighted by Crippen LogP contribution is -2.12. The summed E-state index contributed by atoms with van der Waals surface area (Å²) in [5.41, 5.74) is 2.61. The number of hydrogen-bond donors (Lipinski definition) is 1. The fourth-order valence-corrected chi connectivity index (χ4v) is 1.82. The second-order valence-electron chi connectivity index (χ2n) is 4.34. The van der Waals surface area contributed by atoms with Crippen molar-refractivity contribution >= 4 is 0 Å². The number of nitriles is 2. The highest BCUT2D eigenvalue weighted by atomic mass is 19.1. The maximum Gasteiger partial charge on any atom is 0.140 e. The number of nitrogens with zero attached hydrogens (tertiary/aromatic N) is 2. The minimum atomic E-state index is -0.497. The number of rotatable bonds is 4. The van der Waals surface area contributed by atoms with Crippen LogP contribution in [0.15, 0.2) is 42.5 Å². The topological polar surface area (TPSA) is 59.6 Å². The van der Waals surface area contributed by atoms with Crippen molar-refractivity contribution < 1.29 is 4.39 Å². The third-order valence-electron chi connectivity index (χ3n) is 2.89. The van der Waals surface area contributed by atoms with Gasteiger partial charge in [0.1, 0.15) is 11.9 Å². The van der Waals surface area contributed by atoms with E-state index in [1.807, 2.05) is 18.2 Å². The second-order valence-corrected chi connectivity index (χ2v) is 4.34. The summed E-state index contributed by atoms with van der Waals surface area (Å²) in [6.45, 7) is 1.19. The monoisotopic (exact) mass is 265 g/mol. The molecule has 0 unspecified atom stereocenters. The summed E-state index contributed by atoms with van der Waals surface area (Å²) in [6.07, 6.45) is 0. The Kier molecular flexibility index (Phi) is 4.44. The smallest absolute Gasteiger partial charge is 0.140 e. The minimum Gasteiger partial charge on any atom is -0.309 e. The minimum absolute atomic E-state index is 0.0580. The first-order valence-corrected chi connectivity index (χ1v) is 6.11. The lowest BCUT2D eigenvalue weighted by atomic mass is 10.1. The van der Waals surface area contributed by atoms with E-state index in [1.165, 1.54) is 6.07 Å². The van der Waals surface area contributed by atoms with Crippen LogP contribution in [0.1, 0.15) is 22.3 Å². The molecule has 0 aliphatic carbocycles. The molecule has 0 bridgehead atoms. The Morgan fingerprint density at radius 1 is 0.900 bits per heavy atom. The molecule has 2 rings (SSSR count). The van der Waals surface area contributed by atoms with Crippen molar-refractivity contribution in [3.05, 3.63) is 70.5 Å². The van der Waals surface area contributed by atoms with E-state index in [4.69, 9.17) is 10.5 Å². The molecule has 0 fully saturated rings. The third kappa shape index (κ3) is 3.41. The van der Waals surface area contributed by atoms with Crippen LogP contribution < -0.4 is 5.32 Å². The Labute approximate surface area is 116 Å². The summed E-state index contributed by atoms with van der Waals surface area (Å²) in [5, 5.41) is 20.7. The molecule has 2 aromatic carbocycles. The molecule has 0 aromatic heterocycles. The van der Waals surface area contributed by atoms with Crippen LogP contribution in [0.25, 0.3) is 0 Å². The fraction of sp³-hybridized carbons (Fsp3) is 0.125. The first-order chi connectivity index (χ1) is 9.72. The summed E-state index contributed by atoms with van der Waals surface area (Å²) in [7, 11) is 0. The van der Waals surface area contributed by atoms with Crippen molar-refractivity contribution in [2.45, 2.75) is 13.1 Å². The highest BCUT2D eigenvalue weighted by Gasteiger charge is 2.02. The highest BCUT2D eigenvalue weighted by molar-refractivity contribution is 5.34. The molecular formula is C16H12FN3. The maximum atomic E-state index is 13.2. The van der Waals surface area contributed by atoms with Crippen molar-refractivity contribution in [3.63, 3.8) is 0 Å². The summed E-state index contributed by atoms with van der Waals surface area (Å²) in [6, 6.07) is 15.7. The van der Waals surface area contributed by atoms with Gasteiger partial charge in [0, 0.05) is 13.1 Å². The molecule has 20 heavy (non-hydrogen) atoms. The molecule has 0 spiro atoms. The molecule has 0 amide bonds. The van der Waals surface area contributed by atoms with Gasteiger partial charge in [-0.25, -0.2) is 4.39 Å². The molecular weight excluding hydrogens is 253 g/mol. The van der Waals surface area contributed by atoms with Crippen LogP contribution in [-0.2, 0) is 13.1 Å². The zero-order valence-corrected chi connectivity index (χ0v) is 10.7. The van der Waals surface area contributed by atoms with Gasteiger partial charge in [-0.1, -0.05) is 18.2 Å². The fourth-order valence-electron chi connectivity index (χ4n) is 1.82. The standard InChI is InChI=1S/C16H12FN3/c17-16-6-5-14(7-15(16)9-19)11-20-10-13-3-1-12(8-18)2-4-13/h1-7,20H,10-11H2. The van der Waals surface area contributed by atoms with Crippen LogP contribution in [0.2, 0.25) is 0 Å². The number of hydrogen-bond acceptors (Lipinski definition) is 3. The Balaban J connectivity index is 1.93. The van der Waals surface area contributed by atoms with Gasteiger partial charge in [0.15, 0.2) is 0 Å². The van der Waals surface area contributed by atoms with Gasteiger partial charge in [-0.15, -0.1) is 0 Å². The van der Waals surface area contributed by atoms with Crippen molar-refractivity contribution in [2.75, 3.05) is 0 Å². The Morgan fingerprint density at radius 2 is 1.55 bits per heavy atom. The Hall–Kier alpha value is -2.69. The van der Waals surface area contributed by atoms with E-state index in [0.717, 1.165) is 11.1 Å².